The summed E-state index contributed by atoms with van der Waals surface area (Å²) in [4.78, 5) is 17.0. The third kappa shape index (κ3) is 5.58. The maximum atomic E-state index is 13.3. The molecule has 31 heavy (non-hydrogen) atoms. The number of carbonyl (C=O) groups is 1. The van der Waals surface area contributed by atoms with E-state index in [1.54, 1.807) is 29.3 Å². The van der Waals surface area contributed by atoms with Crippen LogP contribution in [0.4, 0.5) is 16.2 Å². The molecule has 0 aromatic carbocycles. The SMILES string of the molecule is CCc1sc(C(C)C)cc1NC(=O)NS(=O)(=O)N(c1cnn(C)c1)C1CCCN(C)C1. The first-order chi connectivity index (χ1) is 14.6. The van der Waals surface area contributed by atoms with E-state index in [0.29, 0.717) is 30.3 Å². The van der Waals surface area contributed by atoms with Crippen LogP contribution in [0.15, 0.2) is 18.5 Å². The van der Waals surface area contributed by atoms with Crippen molar-refractivity contribution in [2.75, 3.05) is 29.8 Å². The number of nitrogens with zero attached hydrogens (tertiary/aromatic N) is 4. The van der Waals surface area contributed by atoms with Crippen molar-refractivity contribution in [2.45, 2.75) is 52.0 Å². The molecule has 2 amide bonds. The molecule has 2 aromatic rings. The number of anilines is 2. The minimum Gasteiger partial charge on any atom is -0.306 e. The van der Waals surface area contributed by atoms with Gasteiger partial charge in [-0.1, -0.05) is 20.8 Å². The fraction of sp³-hybridized carbons (Fsp3) is 0.600. The first-order valence-electron chi connectivity index (χ1n) is 10.5. The highest BCUT2D eigenvalue weighted by Gasteiger charge is 2.35. The van der Waals surface area contributed by atoms with E-state index in [-0.39, 0.29) is 6.04 Å². The van der Waals surface area contributed by atoms with E-state index in [2.05, 4.69) is 33.9 Å². The Bertz CT molecular complexity index is 1010. The maximum absolute atomic E-state index is 13.3. The monoisotopic (exact) mass is 468 g/mol. The van der Waals surface area contributed by atoms with Gasteiger partial charge in [0.15, 0.2) is 0 Å². The minimum absolute atomic E-state index is 0.284. The van der Waals surface area contributed by atoms with E-state index in [1.807, 2.05) is 20.0 Å². The summed E-state index contributed by atoms with van der Waals surface area (Å²) in [5.41, 5.74) is 1.10. The summed E-state index contributed by atoms with van der Waals surface area (Å²) in [5, 5.41) is 6.86. The lowest BCUT2D eigenvalue weighted by molar-refractivity contribution is 0.251. The topological polar surface area (TPSA) is 99.6 Å². The Morgan fingerprint density at radius 2 is 2.13 bits per heavy atom. The number of hydrogen-bond donors (Lipinski definition) is 2. The summed E-state index contributed by atoms with van der Waals surface area (Å²) in [6.07, 6.45) is 5.51. The molecule has 0 radical (unpaired) electrons. The Hall–Kier alpha value is -2.11. The van der Waals surface area contributed by atoms with E-state index in [1.165, 1.54) is 10.5 Å². The molecule has 1 fully saturated rings. The largest absolute Gasteiger partial charge is 0.334 e. The second-order valence-electron chi connectivity index (χ2n) is 8.28. The molecule has 1 aliphatic rings. The van der Waals surface area contributed by atoms with Crippen LogP contribution in [0.3, 0.4) is 0 Å². The molecule has 0 aliphatic carbocycles. The molecule has 2 aromatic heterocycles. The molecule has 1 aliphatic heterocycles. The molecule has 1 unspecified atom stereocenters. The van der Waals surface area contributed by atoms with Crippen molar-refractivity contribution in [3.63, 3.8) is 0 Å². The first kappa shape index (κ1) is 23.6. The highest BCUT2D eigenvalue weighted by molar-refractivity contribution is 7.91. The molecule has 0 saturated carbocycles. The highest BCUT2D eigenvalue weighted by Crippen LogP contribution is 2.32. The van der Waals surface area contributed by atoms with Gasteiger partial charge in [-0.3, -0.25) is 4.68 Å². The number of likely N-dealkylation sites (tertiary alicyclic amines) is 1. The zero-order valence-corrected chi connectivity index (χ0v) is 20.4. The summed E-state index contributed by atoms with van der Waals surface area (Å²) in [5.74, 6) is 0.335. The van der Waals surface area contributed by atoms with Crippen LogP contribution in [-0.4, -0.2) is 55.3 Å². The van der Waals surface area contributed by atoms with Gasteiger partial charge in [-0.05, 0) is 44.8 Å². The van der Waals surface area contributed by atoms with Gasteiger partial charge in [-0.2, -0.15) is 13.5 Å². The van der Waals surface area contributed by atoms with Gasteiger partial charge in [0.05, 0.1) is 23.6 Å². The number of aromatic nitrogens is 2. The lowest BCUT2D eigenvalue weighted by Crippen LogP contribution is -2.54. The number of piperidine rings is 1. The lowest BCUT2D eigenvalue weighted by Gasteiger charge is -2.37. The van der Waals surface area contributed by atoms with Gasteiger partial charge in [-0.25, -0.2) is 13.8 Å². The Kier molecular flexibility index (Phi) is 7.28. The van der Waals surface area contributed by atoms with Crippen molar-refractivity contribution in [3.8, 4) is 0 Å². The Labute approximate surface area is 188 Å². The quantitative estimate of drug-likeness (QED) is 0.650. The van der Waals surface area contributed by atoms with Gasteiger partial charge in [0.1, 0.15) is 0 Å². The number of nitrogens with one attached hydrogen (secondary N) is 2. The van der Waals surface area contributed by atoms with Gasteiger partial charge >= 0.3 is 16.2 Å². The van der Waals surface area contributed by atoms with Gasteiger partial charge < -0.3 is 10.2 Å². The van der Waals surface area contributed by atoms with E-state index >= 15 is 0 Å². The van der Waals surface area contributed by atoms with Crippen LogP contribution < -0.4 is 14.3 Å². The molecule has 3 heterocycles. The molecule has 0 spiro atoms. The Morgan fingerprint density at radius 3 is 2.71 bits per heavy atom. The van der Waals surface area contributed by atoms with Crippen molar-refractivity contribution >= 4 is 39.0 Å². The lowest BCUT2D eigenvalue weighted by atomic mass is 10.1. The number of thiophene rings is 1. The molecule has 9 nitrogen and oxygen atoms in total. The van der Waals surface area contributed by atoms with Crippen LogP contribution in [0.25, 0.3) is 0 Å². The number of rotatable bonds is 7. The third-order valence-electron chi connectivity index (χ3n) is 5.32. The van der Waals surface area contributed by atoms with Crippen LogP contribution in [-0.2, 0) is 23.7 Å². The average Bonchev–Trinajstić information content (AvgIpc) is 3.27. The number of urea groups is 1. The maximum Gasteiger partial charge on any atom is 0.334 e. The molecule has 172 valence electrons. The second kappa shape index (κ2) is 9.58. The fourth-order valence-corrected chi connectivity index (χ4v) is 6.20. The molecule has 2 N–H and O–H groups in total. The van der Waals surface area contributed by atoms with Crippen molar-refractivity contribution in [2.24, 2.45) is 7.05 Å². The van der Waals surface area contributed by atoms with Crippen molar-refractivity contribution in [1.82, 2.24) is 19.4 Å². The van der Waals surface area contributed by atoms with Gasteiger partial charge in [0.25, 0.3) is 0 Å². The van der Waals surface area contributed by atoms with Gasteiger partial charge in [0.2, 0.25) is 0 Å². The number of amides is 2. The molecule has 0 bridgehead atoms. The summed E-state index contributed by atoms with van der Waals surface area (Å²) in [6, 6.07) is 0.879. The first-order valence-corrected chi connectivity index (χ1v) is 12.8. The van der Waals surface area contributed by atoms with Crippen molar-refractivity contribution in [3.05, 3.63) is 28.2 Å². The summed E-state index contributed by atoms with van der Waals surface area (Å²) in [6.45, 7) is 7.69. The Morgan fingerprint density at radius 1 is 1.39 bits per heavy atom. The zero-order valence-electron chi connectivity index (χ0n) is 18.8. The number of carbonyl (C=O) groups excluding carboxylic acids is 1. The average molecular weight is 469 g/mol. The number of likely N-dealkylation sites (N-methyl/N-ethyl adjacent to an activating group) is 1. The normalized spacial score (nSPS) is 17.7. The van der Waals surface area contributed by atoms with E-state index in [9.17, 15) is 13.2 Å². The molecular weight excluding hydrogens is 436 g/mol. The summed E-state index contributed by atoms with van der Waals surface area (Å²) >= 11 is 1.64. The van der Waals surface area contributed by atoms with E-state index < -0.39 is 16.2 Å². The van der Waals surface area contributed by atoms with E-state index in [0.717, 1.165) is 29.1 Å². The number of hydrogen-bond acceptors (Lipinski definition) is 6. The van der Waals surface area contributed by atoms with E-state index in [4.69, 9.17) is 0 Å². The third-order valence-corrected chi connectivity index (χ3v) is 8.37. The second-order valence-corrected chi connectivity index (χ2v) is 11.0. The van der Waals surface area contributed by atoms with Crippen molar-refractivity contribution in [1.29, 1.82) is 0 Å². The number of aryl methyl sites for hydroxylation is 2. The molecule has 11 heteroatoms. The van der Waals surface area contributed by atoms with Crippen LogP contribution >= 0.6 is 11.3 Å². The van der Waals surface area contributed by atoms with Crippen LogP contribution in [0.2, 0.25) is 0 Å². The highest BCUT2D eigenvalue weighted by atomic mass is 32.2. The Balaban J connectivity index is 1.82. The fourth-order valence-electron chi connectivity index (χ4n) is 3.82. The standard InChI is InChI=1S/C20H32N6O3S2/c1-6-18-17(10-19(30-18)14(2)3)22-20(27)23-31(28,29)26(16-11-21-25(5)13-16)15-8-7-9-24(4)12-15/h10-11,13-15H,6-9,12H2,1-5H3,(H2,22,23,27). The van der Waals surface area contributed by atoms with Gasteiger partial charge in [0, 0.05) is 29.5 Å². The smallest absolute Gasteiger partial charge is 0.306 e. The van der Waals surface area contributed by atoms with Crippen LogP contribution in [0.5, 0.6) is 0 Å². The van der Waals surface area contributed by atoms with Crippen LogP contribution in [0, 0.1) is 0 Å². The molecule has 1 atom stereocenters. The summed E-state index contributed by atoms with van der Waals surface area (Å²) in [7, 11) is -0.438. The predicted octanol–water partition coefficient (Wildman–Crippen LogP) is 3.13. The zero-order chi connectivity index (χ0) is 22.8. The van der Waals surface area contributed by atoms with Crippen molar-refractivity contribution < 1.29 is 13.2 Å². The molecular formula is C20H32N6O3S2. The molecule has 3 rings (SSSR count). The minimum atomic E-state index is -4.14. The predicted molar refractivity (Wildman–Crippen MR) is 125 cm³/mol. The van der Waals surface area contributed by atoms with Crippen LogP contribution in [0.1, 0.15) is 49.3 Å². The van der Waals surface area contributed by atoms with Gasteiger partial charge in [-0.15, -0.1) is 11.3 Å². The summed E-state index contributed by atoms with van der Waals surface area (Å²) < 4.78 is 31.7. The molecule has 1 saturated heterocycles.